The molecule has 2 aromatic carbocycles. The van der Waals surface area contributed by atoms with E-state index in [-0.39, 0.29) is 15.6 Å². The van der Waals surface area contributed by atoms with Crippen molar-refractivity contribution in [2.75, 3.05) is 6.54 Å². The van der Waals surface area contributed by atoms with Gasteiger partial charge in [-0.15, -0.1) is 11.3 Å². The zero-order valence-electron chi connectivity index (χ0n) is 15.5. The third-order valence-electron chi connectivity index (χ3n) is 4.41. The summed E-state index contributed by atoms with van der Waals surface area (Å²) in [5.41, 5.74) is 1.96. The van der Waals surface area contributed by atoms with Crippen molar-refractivity contribution in [1.29, 1.82) is 0 Å². The Morgan fingerprint density at radius 3 is 2.29 bits per heavy atom. The van der Waals surface area contributed by atoms with Gasteiger partial charge in [0.25, 0.3) is 0 Å². The molecule has 3 aromatic rings. The molecule has 148 valence electrons. The Balaban J connectivity index is 1.96. The van der Waals surface area contributed by atoms with Gasteiger partial charge in [-0.3, -0.25) is 0 Å². The topological polar surface area (TPSA) is 80.3 Å². The first kappa shape index (κ1) is 20.7. The van der Waals surface area contributed by atoms with Gasteiger partial charge in [0.1, 0.15) is 9.46 Å². The molecule has 1 N–H and O–H groups in total. The lowest BCUT2D eigenvalue weighted by atomic mass is 10.1. The molecular weight excluding hydrogens is 414 g/mol. The van der Waals surface area contributed by atoms with E-state index in [9.17, 15) is 16.8 Å². The summed E-state index contributed by atoms with van der Waals surface area (Å²) >= 11 is 1.12. The lowest BCUT2D eigenvalue weighted by molar-refractivity contribution is 0.569. The first-order valence-electron chi connectivity index (χ1n) is 8.61. The minimum Gasteiger partial charge on any atom is -0.222 e. The maximum atomic E-state index is 13.1. The Bertz CT molecular complexity index is 1150. The van der Waals surface area contributed by atoms with Crippen LogP contribution in [0.25, 0.3) is 0 Å². The highest BCUT2D eigenvalue weighted by Gasteiger charge is 2.31. The van der Waals surface area contributed by atoms with Crippen molar-refractivity contribution in [2.24, 2.45) is 0 Å². The van der Waals surface area contributed by atoms with E-state index in [1.807, 2.05) is 13.0 Å². The van der Waals surface area contributed by atoms with Crippen LogP contribution in [0.3, 0.4) is 0 Å². The molecule has 1 atom stereocenters. The van der Waals surface area contributed by atoms with Crippen molar-refractivity contribution in [1.82, 2.24) is 4.72 Å². The molecule has 0 unspecified atom stereocenters. The van der Waals surface area contributed by atoms with Crippen molar-refractivity contribution < 1.29 is 16.8 Å². The zero-order valence-corrected chi connectivity index (χ0v) is 17.9. The van der Waals surface area contributed by atoms with E-state index in [2.05, 4.69) is 4.72 Å². The van der Waals surface area contributed by atoms with Crippen molar-refractivity contribution in [3.05, 3.63) is 82.7 Å². The largest absolute Gasteiger partial charge is 0.240 e. The number of hydrogen-bond acceptors (Lipinski definition) is 5. The summed E-state index contributed by atoms with van der Waals surface area (Å²) in [7, 11) is -7.60. The normalized spacial score (nSPS) is 13.4. The lowest BCUT2D eigenvalue weighted by Crippen LogP contribution is -2.32. The van der Waals surface area contributed by atoms with Gasteiger partial charge in [-0.05, 0) is 48.1 Å². The van der Waals surface area contributed by atoms with Crippen LogP contribution >= 0.6 is 11.3 Å². The van der Waals surface area contributed by atoms with E-state index in [4.69, 9.17) is 0 Å². The van der Waals surface area contributed by atoms with E-state index in [1.54, 1.807) is 60.8 Å². The van der Waals surface area contributed by atoms with Crippen LogP contribution in [0, 0.1) is 13.8 Å². The fourth-order valence-corrected chi connectivity index (χ4v) is 7.25. The van der Waals surface area contributed by atoms with E-state index in [1.165, 1.54) is 6.07 Å². The van der Waals surface area contributed by atoms with Crippen molar-refractivity contribution >= 4 is 31.2 Å². The van der Waals surface area contributed by atoms with E-state index in [0.717, 1.165) is 16.9 Å². The van der Waals surface area contributed by atoms with Gasteiger partial charge < -0.3 is 0 Å². The molecule has 1 heterocycles. The zero-order chi connectivity index (χ0) is 20.4. The Hall–Kier alpha value is -2.00. The average molecular weight is 436 g/mol. The van der Waals surface area contributed by atoms with Gasteiger partial charge in [0.2, 0.25) is 10.0 Å². The highest BCUT2D eigenvalue weighted by atomic mass is 32.2. The van der Waals surface area contributed by atoms with Crippen LogP contribution in [-0.4, -0.2) is 23.4 Å². The molecule has 1 aromatic heterocycles. The molecule has 0 aliphatic rings. The molecule has 0 aliphatic carbocycles. The van der Waals surface area contributed by atoms with Crippen LogP contribution in [-0.2, 0) is 19.9 Å². The standard InChI is InChI=1S/C20H21NO4S3/c1-15-10-11-16(2)18(13-15)28(24,25)21-14-19(17-7-4-3-5-8-17)27(22,23)20-9-6-12-26-20/h3-13,19,21H,14H2,1-2H3/t19-/m0/s1. The van der Waals surface area contributed by atoms with Gasteiger partial charge in [0, 0.05) is 6.54 Å². The maximum Gasteiger partial charge on any atom is 0.240 e. The Morgan fingerprint density at radius 1 is 0.929 bits per heavy atom. The number of benzene rings is 2. The highest BCUT2D eigenvalue weighted by Crippen LogP contribution is 2.31. The van der Waals surface area contributed by atoms with Gasteiger partial charge in [-0.2, -0.15) is 0 Å². The van der Waals surface area contributed by atoms with Gasteiger partial charge >= 0.3 is 0 Å². The summed E-state index contributed by atoms with van der Waals surface area (Å²) in [4.78, 5) is 0.160. The molecule has 28 heavy (non-hydrogen) atoms. The monoisotopic (exact) mass is 435 g/mol. The predicted octanol–water partition coefficient (Wildman–Crippen LogP) is 3.86. The van der Waals surface area contributed by atoms with Crippen molar-refractivity contribution in [3.63, 3.8) is 0 Å². The Morgan fingerprint density at radius 2 is 1.64 bits per heavy atom. The van der Waals surface area contributed by atoms with Crippen LogP contribution in [0.15, 0.2) is 75.1 Å². The van der Waals surface area contributed by atoms with Crippen LogP contribution in [0.1, 0.15) is 21.9 Å². The molecule has 0 bridgehead atoms. The van der Waals surface area contributed by atoms with Crippen LogP contribution < -0.4 is 4.72 Å². The number of rotatable bonds is 7. The molecule has 0 radical (unpaired) electrons. The molecule has 3 rings (SSSR count). The fourth-order valence-electron chi connectivity index (χ4n) is 2.90. The molecule has 0 amide bonds. The summed E-state index contributed by atoms with van der Waals surface area (Å²) < 4.78 is 54.7. The molecule has 5 nitrogen and oxygen atoms in total. The Kier molecular flexibility index (Phi) is 6.04. The fraction of sp³-hybridized carbons (Fsp3) is 0.200. The molecule has 0 spiro atoms. The SMILES string of the molecule is Cc1ccc(C)c(S(=O)(=O)NC[C@@H](c2ccccc2)S(=O)(=O)c2cccs2)c1. The Labute approximate surface area is 170 Å². The second kappa shape index (κ2) is 8.16. The third-order valence-corrected chi connectivity index (χ3v) is 9.51. The highest BCUT2D eigenvalue weighted by molar-refractivity contribution is 7.93. The second-order valence-electron chi connectivity index (χ2n) is 6.50. The second-order valence-corrected chi connectivity index (χ2v) is 11.5. The third kappa shape index (κ3) is 4.35. The number of hydrogen-bond donors (Lipinski definition) is 1. The van der Waals surface area contributed by atoms with Crippen LogP contribution in [0.5, 0.6) is 0 Å². The first-order valence-corrected chi connectivity index (χ1v) is 12.5. The molecule has 0 aliphatic heterocycles. The molecule has 0 saturated carbocycles. The molecule has 8 heteroatoms. The van der Waals surface area contributed by atoms with Crippen LogP contribution in [0.2, 0.25) is 0 Å². The summed E-state index contributed by atoms with van der Waals surface area (Å²) in [5, 5.41) is 0.669. The van der Waals surface area contributed by atoms with E-state index >= 15 is 0 Å². The summed E-state index contributed by atoms with van der Waals surface area (Å²) in [5.74, 6) is 0. The number of aryl methyl sites for hydroxylation is 2. The van der Waals surface area contributed by atoms with Gasteiger partial charge in [-0.1, -0.05) is 48.5 Å². The maximum absolute atomic E-state index is 13.1. The van der Waals surface area contributed by atoms with Gasteiger partial charge in [0.05, 0.1) is 4.90 Å². The molecule has 0 saturated heterocycles. The molecule has 0 fully saturated rings. The summed E-state index contributed by atoms with van der Waals surface area (Å²) in [6, 6.07) is 17.0. The summed E-state index contributed by atoms with van der Waals surface area (Å²) in [6.07, 6.45) is 0. The van der Waals surface area contributed by atoms with Crippen molar-refractivity contribution in [2.45, 2.75) is 28.2 Å². The van der Waals surface area contributed by atoms with Gasteiger partial charge in [0.15, 0.2) is 9.84 Å². The van der Waals surface area contributed by atoms with E-state index < -0.39 is 25.1 Å². The first-order chi connectivity index (χ1) is 13.2. The van der Waals surface area contributed by atoms with Gasteiger partial charge in [-0.25, -0.2) is 21.6 Å². The summed E-state index contributed by atoms with van der Waals surface area (Å²) in [6.45, 7) is 3.28. The number of sulfonamides is 1. The van der Waals surface area contributed by atoms with Crippen LogP contribution in [0.4, 0.5) is 0 Å². The quantitative estimate of drug-likeness (QED) is 0.611. The number of sulfone groups is 1. The van der Waals surface area contributed by atoms with Crippen molar-refractivity contribution in [3.8, 4) is 0 Å². The smallest absolute Gasteiger partial charge is 0.222 e. The molecular formula is C20H21NO4S3. The number of nitrogens with one attached hydrogen (secondary N) is 1. The van der Waals surface area contributed by atoms with E-state index in [0.29, 0.717) is 11.1 Å². The lowest BCUT2D eigenvalue weighted by Gasteiger charge is -2.19. The average Bonchev–Trinajstić information content (AvgIpc) is 3.20. The number of thiophene rings is 1. The predicted molar refractivity (Wildman–Crippen MR) is 112 cm³/mol. The minimum atomic E-state index is -3.86. The minimum absolute atomic E-state index is 0.160.